The van der Waals surface area contributed by atoms with Crippen LogP contribution in [0, 0.1) is 12.7 Å². The van der Waals surface area contributed by atoms with Crippen LogP contribution in [0.5, 0.6) is 0 Å². The Hall–Kier alpha value is -3.52. The number of ether oxygens (including phenoxy) is 1. The summed E-state index contributed by atoms with van der Waals surface area (Å²) in [5, 5.41) is 5.50. The summed E-state index contributed by atoms with van der Waals surface area (Å²) in [6, 6.07) is 14.9. The summed E-state index contributed by atoms with van der Waals surface area (Å²) < 4.78 is 19.1. The van der Waals surface area contributed by atoms with Crippen molar-refractivity contribution in [2.24, 2.45) is 0 Å². The third kappa shape index (κ3) is 5.16. The standard InChI is InChI=1S/C23H21FN2O4S/c1-3-30-23(29)18-14(2)19(21(28)25-13-15-9-5-4-6-10-15)31-22(18)26-20(27)16-11-7-8-12-17(16)24/h4-12H,3,13H2,1-2H3,(H,25,28)(H,26,27). The van der Waals surface area contributed by atoms with Gasteiger partial charge < -0.3 is 15.4 Å². The topological polar surface area (TPSA) is 84.5 Å². The number of hydrogen-bond donors (Lipinski definition) is 2. The number of amides is 2. The number of rotatable bonds is 7. The molecule has 31 heavy (non-hydrogen) atoms. The largest absolute Gasteiger partial charge is 0.462 e. The Balaban J connectivity index is 1.89. The van der Waals surface area contributed by atoms with Crippen LogP contribution in [0.2, 0.25) is 0 Å². The lowest BCUT2D eigenvalue weighted by atomic mass is 10.1. The van der Waals surface area contributed by atoms with Crippen LogP contribution in [0.1, 0.15) is 48.4 Å². The summed E-state index contributed by atoms with van der Waals surface area (Å²) in [5.41, 5.74) is 1.22. The zero-order valence-corrected chi connectivity index (χ0v) is 17.8. The van der Waals surface area contributed by atoms with Crippen LogP contribution in [0.4, 0.5) is 9.39 Å². The van der Waals surface area contributed by atoms with Gasteiger partial charge in [-0.2, -0.15) is 0 Å². The first-order valence-electron chi connectivity index (χ1n) is 9.60. The zero-order valence-electron chi connectivity index (χ0n) is 17.0. The molecule has 6 nitrogen and oxygen atoms in total. The second-order valence-electron chi connectivity index (χ2n) is 6.58. The molecule has 2 amide bonds. The lowest BCUT2D eigenvalue weighted by molar-refractivity contribution is 0.0527. The highest BCUT2D eigenvalue weighted by Crippen LogP contribution is 2.34. The minimum absolute atomic E-state index is 0.0846. The van der Waals surface area contributed by atoms with Crippen molar-refractivity contribution in [3.05, 3.63) is 87.5 Å². The third-order valence-electron chi connectivity index (χ3n) is 4.47. The highest BCUT2D eigenvalue weighted by Gasteiger charge is 2.27. The number of thiophene rings is 1. The summed E-state index contributed by atoms with van der Waals surface area (Å²) in [6.07, 6.45) is 0. The lowest BCUT2D eigenvalue weighted by Gasteiger charge is -2.07. The van der Waals surface area contributed by atoms with Crippen molar-refractivity contribution in [1.82, 2.24) is 5.32 Å². The number of esters is 1. The summed E-state index contributed by atoms with van der Waals surface area (Å²) >= 11 is 0.945. The first-order valence-corrected chi connectivity index (χ1v) is 10.4. The Bertz CT molecular complexity index is 1110. The molecule has 0 bridgehead atoms. The van der Waals surface area contributed by atoms with Crippen molar-refractivity contribution in [3.8, 4) is 0 Å². The number of halogens is 1. The molecule has 0 saturated carbocycles. The fraction of sp³-hybridized carbons (Fsp3) is 0.174. The van der Waals surface area contributed by atoms with Crippen LogP contribution >= 0.6 is 11.3 Å². The van der Waals surface area contributed by atoms with E-state index >= 15 is 0 Å². The van der Waals surface area contributed by atoms with Gasteiger partial charge in [0.15, 0.2) is 0 Å². The summed E-state index contributed by atoms with van der Waals surface area (Å²) in [5.74, 6) is -2.46. The summed E-state index contributed by atoms with van der Waals surface area (Å²) in [7, 11) is 0. The van der Waals surface area contributed by atoms with Crippen molar-refractivity contribution in [2.45, 2.75) is 20.4 Å². The van der Waals surface area contributed by atoms with Crippen molar-refractivity contribution in [1.29, 1.82) is 0 Å². The van der Waals surface area contributed by atoms with Crippen molar-refractivity contribution in [3.63, 3.8) is 0 Å². The molecule has 2 aromatic carbocycles. The smallest absolute Gasteiger partial charge is 0.341 e. The summed E-state index contributed by atoms with van der Waals surface area (Å²) in [6.45, 7) is 3.71. The fourth-order valence-corrected chi connectivity index (χ4v) is 4.05. The average molecular weight is 440 g/mol. The summed E-state index contributed by atoms with van der Waals surface area (Å²) in [4.78, 5) is 38.1. The van der Waals surface area contributed by atoms with Gasteiger partial charge in [0.25, 0.3) is 11.8 Å². The van der Waals surface area contributed by atoms with Crippen LogP contribution in [-0.4, -0.2) is 24.4 Å². The molecule has 1 aromatic heterocycles. The van der Waals surface area contributed by atoms with E-state index in [1.165, 1.54) is 24.3 Å². The van der Waals surface area contributed by atoms with Gasteiger partial charge in [-0.3, -0.25) is 9.59 Å². The molecule has 0 unspecified atom stereocenters. The van der Waals surface area contributed by atoms with E-state index in [2.05, 4.69) is 10.6 Å². The number of nitrogens with one attached hydrogen (secondary N) is 2. The van der Waals surface area contributed by atoms with E-state index in [-0.39, 0.29) is 33.5 Å². The molecule has 3 aromatic rings. The Labute approximate surface area is 183 Å². The Kier molecular flexibility index (Phi) is 7.15. The number of anilines is 1. The second-order valence-corrected chi connectivity index (χ2v) is 7.60. The Morgan fingerprint density at radius 2 is 1.68 bits per heavy atom. The highest BCUT2D eigenvalue weighted by atomic mass is 32.1. The van der Waals surface area contributed by atoms with Crippen LogP contribution in [0.25, 0.3) is 0 Å². The number of hydrogen-bond acceptors (Lipinski definition) is 5. The minimum Gasteiger partial charge on any atom is -0.462 e. The maximum Gasteiger partial charge on any atom is 0.341 e. The van der Waals surface area contributed by atoms with Gasteiger partial charge in [0, 0.05) is 6.54 Å². The number of carbonyl (C=O) groups excluding carboxylic acids is 3. The van der Waals surface area contributed by atoms with Gasteiger partial charge in [0.2, 0.25) is 0 Å². The first kappa shape index (κ1) is 22.2. The minimum atomic E-state index is -0.721. The molecule has 0 radical (unpaired) electrons. The van der Waals surface area contributed by atoms with Crippen molar-refractivity contribution in [2.75, 3.05) is 11.9 Å². The average Bonchev–Trinajstić information content (AvgIpc) is 3.09. The molecule has 1 heterocycles. The molecule has 0 spiro atoms. The van der Waals surface area contributed by atoms with Crippen LogP contribution in [-0.2, 0) is 11.3 Å². The lowest BCUT2D eigenvalue weighted by Crippen LogP contribution is -2.22. The van der Waals surface area contributed by atoms with Crippen molar-refractivity contribution < 1.29 is 23.5 Å². The van der Waals surface area contributed by atoms with Crippen LogP contribution in [0.15, 0.2) is 54.6 Å². The molecule has 160 valence electrons. The first-order chi connectivity index (χ1) is 14.9. The van der Waals surface area contributed by atoms with Gasteiger partial charge in [-0.05, 0) is 37.1 Å². The van der Waals surface area contributed by atoms with Gasteiger partial charge in [-0.1, -0.05) is 42.5 Å². The quantitative estimate of drug-likeness (QED) is 0.528. The molecular formula is C23H21FN2O4S. The second kappa shape index (κ2) is 9.99. The van der Waals surface area contributed by atoms with Gasteiger partial charge in [0.05, 0.1) is 22.6 Å². The molecule has 0 saturated heterocycles. The van der Waals surface area contributed by atoms with Gasteiger partial charge >= 0.3 is 5.97 Å². The molecule has 0 aliphatic carbocycles. The van der Waals surface area contributed by atoms with E-state index in [1.54, 1.807) is 13.8 Å². The van der Waals surface area contributed by atoms with Crippen LogP contribution < -0.4 is 10.6 Å². The Morgan fingerprint density at radius 1 is 1.00 bits per heavy atom. The Morgan fingerprint density at radius 3 is 2.35 bits per heavy atom. The monoisotopic (exact) mass is 440 g/mol. The maximum absolute atomic E-state index is 14.0. The normalized spacial score (nSPS) is 10.4. The molecular weight excluding hydrogens is 419 g/mol. The van der Waals surface area contributed by atoms with Crippen molar-refractivity contribution >= 4 is 34.1 Å². The van der Waals surface area contributed by atoms with E-state index in [0.29, 0.717) is 12.1 Å². The maximum atomic E-state index is 14.0. The zero-order chi connectivity index (χ0) is 22.4. The van der Waals surface area contributed by atoms with E-state index in [1.807, 2.05) is 30.3 Å². The third-order valence-corrected chi connectivity index (χ3v) is 5.68. The molecule has 0 fully saturated rings. The number of benzene rings is 2. The van der Waals surface area contributed by atoms with E-state index in [0.717, 1.165) is 16.9 Å². The molecule has 0 atom stereocenters. The molecule has 2 N–H and O–H groups in total. The molecule has 0 aliphatic rings. The molecule has 3 rings (SSSR count). The van der Waals surface area contributed by atoms with Gasteiger partial charge in [-0.25, -0.2) is 9.18 Å². The van der Waals surface area contributed by atoms with Gasteiger partial charge in [-0.15, -0.1) is 11.3 Å². The molecule has 8 heteroatoms. The van der Waals surface area contributed by atoms with E-state index in [4.69, 9.17) is 4.74 Å². The van der Waals surface area contributed by atoms with Gasteiger partial charge in [0.1, 0.15) is 10.8 Å². The van der Waals surface area contributed by atoms with E-state index < -0.39 is 17.7 Å². The van der Waals surface area contributed by atoms with Crippen LogP contribution in [0.3, 0.4) is 0 Å². The molecule has 0 aliphatic heterocycles. The predicted molar refractivity (Wildman–Crippen MR) is 117 cm³/mol. The fourth-order valence-electron chi connectivity index (χ4n) is 2.94. The number of carbonyl (C=O) groups is 3. The highest BCUT2D eigenvalue weighted by molar-refractivity contribution is 7.18. The SMILES string of the molecule is CCOC(=O)c1c(NC(=O)c2ccccc2F)sc(C(=O)NCc2ccccc2)c1C. The van der Waals surface area contributed by atoms with E-state index in [9.17, 15) is 18.8 Å². The predicted octanol–water partition coefficient (Wildman–Crippen LogP) is 4.55.